The molecule has 1 heterocycles. The Labute approximate surface area is 121 Å². The first-order valence-corrected chi connectivity index (χ1v) is 7.33. The van der Waals surface area contributed by atoms with Crippen molar-refractivity contribution in [3.05, 3.63) is 23.9 Å². The van der Waals surface area contributed by atoms with Crippen molar-refractivity contribution in [1.29, 1.82) is 0 Å². The summed E-state index contributed by atoms with van der Waals surface area (Å²) in [6.45, 7) is 4.68. The second-order valence-electron chi connectivity index (χ2n) is 5.44. The van der Waals surface area contributed by atoms with Gasteiger partial charge in [0.25, 0.3) is 0 Å². The van der Waals surface area contributed by atoms with Crippen molar-refractivity contribution in [3.63, 3.8) is 0 Å². The number of hydrogen-bond donors (Lipinski definition) is 2. The number of nitrogens with zero attached hydrogens (tertiary/aromatic N) is 3. The number of guanidine groups is 1. The van der Waals surface area contributed by atoms with E-state index >= 15 is 0 Å². The van der Waals surface area contributed by atoms with Crippen LogP contribution in [0.15, 0.2) is 23.3 Å². The van der Waals surface area contributed by atoms with E-state index in [-0.39, 0.29) is 0 Å². The van der Waals surface area contributed by atoms with Gasteiger partial charge < -0.3 is 15.5 Å². The Kier molecular flexibility index (Phi) is 5.21. The highest BCUT2D eigenvalue weighted by atomic mass is 15.2. The maximum Gasteiger partial charge on any atom is 0.191 e. The number of pyridine rings is 1. The zero-order chi connectivity index (χ0) is 14.4. The average Bonchev–Trinajstić information content (AvgIpc) is 3.26. The number of rotatable bonds is 6. The molecule has 1 aliphatic rings. The molecule has 20 heavy (non-hydrogen) atoms. The molecule has 110 valence electrons. The maximum atomic E-state index is 4.63. The number of anilines is 1. The Morgan fingerprint density at radius 1 is 1.40 bits per heavy atom. The van der Waals surface area contributed by atoms with E-state index < -0.39 is 0 Å². The molecular weight excluding hydrogens is 250 g/mol. The molecule has 1 aromatic rings. The molecule has 0 spiro atoms. The van der Waals surface area contributed by atoms with Crippen molar-refractivity contribution in [3.8, 4) is 0 Å². The first-order valence-electron chi connectivity index (χ1n) is 7.33. The highest BCUT2D eigenvalue weighted by molar-refractivity contribution is 5.79. The van der Waals surface area contributed by atoms with Gasteiger partial charge in [-0.1, -0.05) is 0 Å². The monoisotopic (exact) mass is 275 g/mol. The van der Waals surface area contributed by atoms with Gasteiger partial charge in [-0.15, -0.1) is 0 Å². The Bertz CT molecular complexity index is 451. The zero-order valence-electron chi connectivity index (χ0n) is 12.7. The normalized spacial score (nSPS) is 15.1. The summed E-state index contributed by atoms with van der Waals surface area (Å²) in [5.41, 5.74) is 1.17. The first kappa shape index (κ1) is 14.6. The third kappa shape index (κ3) is 4.72. The summed E-state index contributed by atoms with van der Waals surface area (Å²) in [6.07, 6.45) is 4.54. The second kappa shape index (κ2) is 7.12. The smallest absolute Gasteiger partial charge is 0.191 e. The molecule has 1 aliphatic carbocycles. The Hall–Kier alpha value is -1.78. The van der Waals surface area contributed by atoms with Crippen molar-refractivity contribution >= 4 is 11.8 Å². The van der Waals surface area contributed by atoms with E-state index in [1.54, 1.807) is 0 Å². The molecule has 5 heteroatoms. The van der Waals surface area contributed by atoms with Crippen LogP contribution < -0.4 is 15.5 Å². The lowest BCUT2D eigenvalue weighted by Crippen LogP contribution is -2.38. The second-order valence-corrected chi connectivity index (χ2v) is 5.44. The summed E-state index contributed by atoms with van der Waals surface area (Å²) in [7, 11) is 3.99. The van der Waals surface area contributed by atoms with Gasteiger partial charge >= 0.3 is 0 Å². The minimum atomic E-state index is 0.670. The van der Waals surface area contributed by atoms with Crippen LogP contribution in [0.25, 0.3) is 0 Å². The molecule has 2 N–H and O–H groups in total. The van der Waals surface area contributed by atoms with Crippen molar-refractivity contribution in [1.82, 2.24) is 15.6 Å². The molecule has 0 atom stereocenters. The number of aliphatic imine (C=N–C) groups is 1. The fourth-order valence-electron chi connectivity index (χ4n) is 1.88. The van der Waals surface area contributed by atoms with E-state index in [4.69, 9.17) is 0 Å². The Morgan fingerprint density at radius 3 is 2.85 bits per heavy atom. The number of nitrogens with one attached hydrogen (secondary N) is 2. The van der Waals surface area contributed by atoms with Crippen molar-refractivity contribution in [2.45, 2.75) is 26.3 Å². The minimum absolute atomic E-state index is 0.670. The van der Waals surface area contributed by atoms with E-state index in [0.29, 0.717) is 6.54 Å². The predicted molar refractivity (Wildman–Crippen MR) is 84.1 cm³/mol. The number of aromatic nitrogens is 1. The summed E-state index contributed by atoms with van der Waals surface area (Å²) >= 11 is 0. The van der Waals surface area contributed by atoms with Gasteiger partial charge in [0.1, 0.15) is 5.82 Å². The summed E-state index contributed by atoms with van der Waals surface area (Å²) in [6, 6.07) is 4.09. The van der Waals surface area contributed by atoms with Crippen LogP contribution in [-0.4, -0.2) is 38.1 Å². The third-order valence-electron chi connectivity index (χ3n) is 3.29. The Balaban J connectivity index is 1.94. The molecule has 0 aliphatic heterocycles. The van der Waals surface area contributed by atoms with Crippen molar-refractivity contribution < 1.29 is 0 Å². The predicted octanol–water partition coefficient (Wildman–Crippen LogP) is 1.61. The zero-order valence-corrected chi connectivity index (χ0v) is 12.7. The van der Waals surface area contributed by atoms with Gasteiger partial charge in [0, 0.05) is 33.4 Å². The van der Waals surface area contributed by atoms with Crippen LogP contribution in [-0.2, 0) is 6.54 Å². The van der Waals surface area contributed by atoms with Crippen molar-refractivity contribution in [2.75, 3.05) is 32.1 Å². The van der Waals surface area contributed by atoms with Crippen LogP contribution in [0.5, 0.6) is 0 Å². The summed E-state index contributed by atoms with van der Waals surface area (Å²) in [5, 5.41) is 6.69. The molecule has 1 saturated carbocycles. The van der Waals surface area contributed by atoms with Gasteiger partial charge in [0.15, 0.2) is 5.96 Å². The van der Waals surface area contributed by atoms with Crippen LogP contribution >= 0.6 is 0 Å². The van der Waals surface area contributed by atoms with E-state index in [0.717, 1.165) is 30.8 Å². The highest BCUT2D eigenvalue weighted by Crippen LogP contribution is 2.27. The van der Waals surface area contributed by atoms with E-state index in [1.807, 2.05) is 31.3 Å². The van der Waals surface area contributed by atoms with E-state index in [2.05, 4.69) is 33.6 Å². The molecular formula is C15H25N5. The minimum Gasteiger partial charge on any atom is -0.363 e. The Morgan fingerprint density at radius 2 is 2.20 bits per heavy atom. The summed E-state index contributed by atoms with van der Waals surface area (Å²) in [5.74, 6) is 2.72. The summed E-state index contributed by atoms with van der Waals surface area (Å²) < 4.78 is 0. The van der Waals surface area contributed by atoms with Gasteiger partial charge in [0.2, 0.25) is 0 Å². The molecule has 2 rings (SSSR count). The fourth-order valence-corrected chi connectivity index (χ4v) is 1.88. The quantitative estimate of drug-likeness (QED) is 0.612. The largest absolute Gasteiger partial charge is 0.363 e. The van der Waals surface area contributed by atoms with Crippen LogP contribution in [0.4, 0.5) is 5.82 Å². The maximum absolute atomic E-state index is 4.63. The lowest BCUT2D eigenvalue weighted by molar-refractivity contribution is 0.739. The molecule has 1 aromatic heterocycles. The molecule has 0 bridgehead atoms. The van der Waals surface area contributed by atoms with Crippen LogP contribution in [0.1, 0.15) is 25.3 Å². The van der Waals surface area contributed by atoms with Crippen LogP contribution in [0.3, 0.4) is 0 Å². The van der Waals surface area contributed by atoms with E-state index in [1.165, 1.54) is 18.4 Å². The highest BCUT2D eigenvalue weighted by Gasteiger charge is 2.20. The lowest BCUT2D eigenvalue weighted by Gasteiger charge is -2.13. The molecule has 0 aromatic carbocycles. The van der Waals surface area contributed by atoms with Gasteiger partial charge in [0.05, 0.1) is 6.54 Å². The van der Waals surface area contributed by atoms with Crippen molar-refractivity contribution in [2.24, 2.45) is 10.9 Å². The third-order valence-corrected chi connectivity index (χ3v) is 3.29. The number of hydrogen-bond acceptors (Lipinski definition) is 3. The lowest BCUT2D eigenvalue weighted by atomic mass is 10.2. The van der Waals surface area contributed by atoms with Gasteiger partial charge in [-0.3, -0.25) is 0 Å². The molecule has 0 unspecified atom stereocenters. The fraction of sp³-hybridized carbons (Fsp3) is 0.600. The van der Waals surface area contributed by atoms with Gasteiger partial charge in [-0.2, -0.15) is 0 Å². The van der Waals surface area contributed by atoms with Gasteiger partial charge in [-0.05, 0) is 43.4 Å². The molecule has 0 radical (unpaired) electrons. The van der Waals surface area contributed by atoms with Crippen LogP contribution in [0, 0.1) is 5.92 Å². The topological polar surface area (TPSA) is 52.6 Å². The first-order chi connectivity index (χ1) is 9.69. The average molecular weight is 275 g/mol. The molecule has 0 amide bonds. The summed E-state index contributed by atoms with van der Waals surface area (Å²) in [4.78, 5) is 11.0. The van der Waals surface area contributed by atoms with Gasteiger partial charge in [-0.25, -0.2) is 9.98 Å². The SMILES string of the molecule is CCNC(=NCc1ccnc(N(C)C)c1)NCC1CC1. The van der Waals surface area contributed by atoms with Crippen LogP contribution in [0.2, 0.25) is 0 Å². The standard InChI is InChI=1S/C15H25N5/c1-4-16-15(18-10-12-5-6-12)19-11-13-7-8-17-14(9-13)20(2)3/h7-9,12H,4-6,10-11H2,1-3H3,(H2,16,18,19). The van der Waals surface area contributed by atoms with E-state index in [9.17, 15) is 0 Å². The molecule has 1 fully saturated rings. The molecule has 0 saturated heterocycles. The molecule has 5 nitrogen and oxygen atoms in total.